The lowest BCUT2D eigenvalue weighted by molar-refractivity contribution is -0.141. The van der Waals surface area contributed by atoms with E-state index < -0.39 is 68.7 Å². The molecule has 14 nitrogen and oxygen atoms in total. The van der Waals surface area contributed by atoms with E-state index in [1.54, 1.807) is 21.0 Å². The van der Waals surface area contributed by atoms with Crippen LogP contribution in [0.5, 0.6) is 11.5 Å². The van der Waals surface area contributed by atoms with Gasteiger partial charge in [-0.15, -0.1) is 6.58 Å². The van der Waals surface area contributed by atoms with Crippen molar-refractivity contribution in [3.8, 4) is 11.5 Å². The van der Waals surface area contributed by atoms with Crippen LogP contribution in [0.3, 0.4) is 0 Å². The molecule has 5 aliphatic rings. The minimum atomic E-state index is -3.89. The third-order valence-corrected chi connectivity index (χ3v) is 13.4. The van der Waals surface area contributed by atoms with Crippen LogP contribution in [-0.2, 0) is 42.0 Å². The van der Waals surface area contributed by atoms with Gasteiger partial charge in [0.2, 0.25) is 21.8 Å². The molecule has 2 heterocycles. The van der Waals surface area contributed by atoms with E-state index in [0.717, 1.165) is 73.5 Å². The second-order valence-corrected chi connectivity index (χ2v) is 17.8. The van der Waals surface area contributed by atoms with Gasteiger partial charge in [-0.3, -0.25) is 24.1 Å². The van der Waals surface area contributed by atoms with Crippen LogP contribution in [0.2, 0.25) is 0 Å². The van der Waals surface area contributed by atoms with Crippen molar-refractivity contribution in [1.82, 2.24) is 25.2 Å². The molecule has 2 aromatic rings. The van der Waals surface area contributed by atoms with Crippen molar-refractivity contribution in [2.75, 3.05) is 13.7 Å². The SMILES string of the molecule is C=CC1CC1(NC(=O)[C@@H]1C[C@@H](Oc2c3c(nc4ccc(OC)cc24)CCCC3)CN1C(=O)[C@@H](NC(=O)OC1CCCC1)C(C)C)C(=O)NS(=O)(=O)C1CC1. The Morgan fingerprint density at radius 3 is 2.44 bits per heavy atom. The van der Waals surface area contributed by atoms with Crippen molar-refractivity contribution in [3.05, 3.63) is 42.1 Å². The van der Waals surface area contributed by atoms with Crippen molar-refractivity contribution in [3.63, 3.8) is 0 Å². The number of aryl methyl sites for hydroxylation is 1. The third kappa shape index (κ3) is 7.60. The molecule has 1 saturated heterocycles. The first-order chi connectivity index (χ1) is 25.8. The van der Waals surface area contributed by atoms with Crippen LogP contribution in [0.1, 0.15) is 89.3 Å². The highest BCUT2D eigenvalue weighted by atomic mass is 32.2. The summed E-state index contributed by atoms with van der Waals surface area (Å²) in [5.41, 5.74) is 1.15. The number of hydrogen-bond acceptors (Lipinski definition) is 10. The van der Waals surface area contributed by atoms with E-state index in [0.29, 0.717) is 24.3 Å². The van der Waals surface area contributed by atoms with Crippen molar-refractivity contribution in [2.45, 2.75) is 126 Å². The summed E-state index contributed by atoms with van der Waals surface area (Å²) in [5.74, 6) is -1.54. The molecular formula is C39H51N5O9S. The molecule has 7 rings (SSSR count). The minimum Gasteiger partial charge on any atom is -0.497 e. The highest BCUT2D eigenvalue weighted by molar-refractivity contribution is 7.91. The van der Waals surface area contributed by atoms with Crippen LogP contribution in [0.4, 0.5) is 4.79 Å². The second kappa shape index (κ2) is 15.0. The lowest BCUT2D eigenvalue weighted by atomic mass is 9.93. The number of rotatable bonds is 13. The topological polar surface area (TPSA) is 182 Å². The van der Waals surface area contributed by atoms with Crippen LogP contribution in [0, 0.1) is 11.8 Å². The molecule has 3 N–H and O–H groups in total. The Balaban J connectivity index is 1.19. The summed E-state index contributed by atoms with van der Waals surface area (Å²) in [6, 6.07) is 3.49. The van der Waals surface area contributed by atoms with Crippen molar-refractivity contribution >= 4 is 44.7 Å². The van der Waals surface area contributed by atoms with Gasteiger partial charge in [-0.2, -0.15) is 0 Å². The average molecular weight is 766 g/mol. The van der Waals surface area contributed by atoms with E-state index in [2.05, 4.69) is 21.9 Å². The van der Waals surface area contributed by atoms with Gasteiger partial charge in [-0.1, -0.05) is 19.9 Å². The van der Waals surface area contributed by atoms with E-state index in [1.165, 1.54) is 11.0 Å². The maximum atomic E-state index is 14.5. The average Bonchev–Trinajstić information content (AvgIpc) is 4.03. The molecule has 1 aromatic carbocycles. The van der Waals surface area contributed by atoms with E-state index in [-0.39, 0.29) is 31.4 Å². The number of sulfonamides is 1. The number of likely N-dealkylation sites (tertiary alicyclic amines) is 1. The first-order valence-corrected chi connectivity index (χ1v) is 20.8. The molecule has 4 aliphatic carbocycles. The molecule has 3 saturated carbocycles. The molecule has 54 heavy (non-hydrogen) atoms. The first kappa shape index (κ1) is 37.9. The highest BCUT2D eigenvalue weighted by Gasteiger charge is 2.62. The standard InChI is InChI=1S/C39H51N5O9S/c1-5-23-20-39(23,37(47)43-54(49,50)27-15-16-27)42-35(45)32-19-26(21-44(32)36(46)33(22(2)3)41-38(48)53-24-10-6-7-11-24)52-34-28-12-8-9-13-30(28)40-31-17-14-25(51-4)18-29(31)34/h5,14,17-18,22-24,26-27,32-33H,1,6-13,15-16,19-21H2,2-4H3,(H,41,48)(H,42,45)(H,43,47)/t23?,26-,32+,33+,39?/m1/s1. The maximum Gasteiger partial charge on any atom is 0.408 e. The maximum absolute atomic E-state index is 14.5. The van der Waals surface area contributed by atoms with E-state index in [4.69, 9.17) is 19.2 Å². The molecule has 15 heteroatoms. The molecule has 0 radical (unpaired) electrons. The fraction of sp³-hybridized carbons (Fsp3) is 0.615. The first-order valence-electron chi connectivity index (χ1n) is 19.3. The molecule has 5 atom stereocenters. The number of nitrogens with zero attached hydrogens (tertiary/aromatic N) is 2. The van der Waals surface area contributed by atoms with E-state index in [1.807, 2.05) is 18.2 Å². The van der Waals surface area contributed by atoms with Gasteiger partial charge < -0.3 is 29.7 Å². The van der Waals surface area contributed by atoms with Gasteiger partial charge in [0.15, 0.2) is 0 Å². The Labute approximate surface area is 316 Å². The van der Waals surface area contributed by atoms with Gasteiger partial charge in [-0.05, 0) is 94.7 Å². The number of amides is 4. The zero-order chi connectivity index (χ0) is 38.4. The molecule has 0 spiro atoms. The Morgan fingerprint density at radius 2 is 1.78 bits per heavy atom. The predicted molar refractivity (Wildman–Crippen MR) is 199 cm³/mol. The number of pyridine rings is 1. The van der Waals surface area contributed by atoms with Gasteiger partial charge in [0.05, 0.1) is 24.4 Å². The van der Waals surface area contributed by atoms with Crippen LogP contribution in [0.25, 0.3) is 10.9 Å². The van der Waals surface area contributed by atoms with Crippen LogP contribution >= 0.6 is 0 Å². The van der Waals surface area contributed by atoms with Crippen LogP contribution in [-0.4, -0.2) is 90.9 Å². The number of carbonyl (C=O) groups excluding carboxylic acids is 4. The molecule has 1 aromatic heterocycles. The largest absolute Gasteiger partial charge is 0.497 e. The summed E-state index contributed by atoms with van der Waals surface area (Å²) in [6.07, 6.45) is 8.15. The highest BCUT2D eigenvalue weighted by Crippen LogP contribution is 2.46. The number of alkyl carbamates (subject to hydrolysis) is 1. The minimum absolute atomic E-state index is 0.0161. The molecule has 2 unspecified atom stereocenters. The van der Waals surface area contributed by atoms with Crippen molar-refractivity contribution in [2.24, 2.45) is 11.8 Å². The fourth-order valence-corrected chi connectivity index (χ4v) is 9.56. The van der Waals surface area contributed by atoms with Gasteiger partial charge >= 0.3 is 6.09 Å². The van der Waals surface area contributed by atoms with Crippen molar-refractivity contribution < 1.29 is 41.8 Å². The summed E-state index contributed by atoms with van der Waals surface area (Å²) in [5, 5.41) is 5.73. The number of carbonyl (C=O) groups is 4. The lowest BCUT2D eigenvalue weighted by Gasteiger charge is -2.31. The molecule has 0 bridgehead atoms. The summed E-state index contributed by atoms with van der Waals surface area (Å²) >= 11 is 0. The fourth-order valence-electron chi connectivity index (χ4n) is 8.19. The molecule has 4 amide bonds. The van der Waals surface area contributed by atoms with E-state index in [9.17, 15) is 27.6 Å². The summed E-state index contributed by atoms with van der Waals surface area (Å²) < 4.78 is 45.7. The van der Waals surface area contributed by atoms with Gasteiger partial charge in [-0.25, -0.2) is 13.2 Å². The number of benzene rings is 1. The Kier molecular flexibility index (Phi) is 10.5. The molecule has 292 valence electrons. The quantitative estimate of drug-likeness (QED) is 0.254. The lowest BCUT2D eigenvalue weighted by Crippen LogP contribution is -2.59. The molecule has 1 aliphatic heterocycles. The smallest absolute Gasteiger partial charge is 0.408 e. The summed E-state index contributed by atoms with van der Waals surface area (Å²) in [6.45, 7) is 7.42. The zero-order valence-electron chi connectivity index (χ0n) is 31.2. The normalized spacial score (nSPS) is 25.8. The third-order valence-electron chi connectivity index (χ3n) is 11.6. The number of aromatic nitrogens is 1. The molecule has 4 fully saturated rings. The summed E-state index contributed by atoms with van der Waals surface area (Å²) in [7, 11) is -2.30. The number of fused-ring (bicyclic) bond motifs is 2. The van der Waals surface area contributed by atoms with Gasteiger partial charge in [0, 0.05) is 29.0 Å². The second-order valence-electron chi connectivity index (χ2n) is 15.8. The van der Waals surface area contributed by atoms with E-state index >= 15 is 0 Å². The zero-order valence-corrected chi connectivity index (χ0v) is 32.0. The molecular weight excluding hydrogens is 715 g/mol. The van der Waals surface area contributed by atoms with Crippen molar-refractivity contribution in [1.29, 1.82) is 0 Å². The van der Waals surface area contributed by atoms with Crippen LogP contribution in [0.15, 0.2) is 30.9 Å². The summed E-state index contributed by atoms with van der Waals surface area (Å²) in [4.78, 5) is 61.9. The predicted octanol–water partition coefficient (Wildman–Crippen LogP) is 3.83. The Morgan fingerprint density at radius 1 is 1.04 bits per heavy atom. The number of ether oxygens (including phenoxy) is 3. The number of hydrogen-bond donors (Lipinski definition) is 3. The van der Waals surface area contributed by atoms with Gasteiger partial charge in [0.1, 0.15) is 41.3 Å². The van der Waals surface area contributed by atoms with Crippen LogP contribution < -0.4 is 24.8 Å². The Hall–Kier alpha value is -4.40. The van der Waals surface area contributed by atoms with Gasteiger partial charge in [0.25, 0.3) is 5.91 Å². The monoisotopic (exact) mass is 765 g/mol. The Bertz CT molecular complexity index is 1940. The number of nitrogens with one attached hydrogen (secondary N) is 3. The number of methoxy groups -OCH3 is 1.